The van der Waals surface area contributed by atoms with Crippen LogP contribution in [0, 0.1) is 11.7 Å². The summed E-state index contributed by atoms with van der Waals surface area (Å²) in [7, 11) is 0. The zero-order chi connectivity index (χ0) is 16.9. The molecule has 6 nitrogen and oxygen atoms in total. The Balaban J connectivity index is 0.00000225. The lowest BCUT2D eigenvalue weighted by atomic mass is 9.89. The van der Waals surface area contributed by atoms with Gasteiger partial charge in [0.05, 0.1) is 6.54 Å². The number of hydrogen-bond acceptors (Lipinski definition) is 5. The third-order valence-corrected chi connectivity index (χ3v) is 4.75. The molecule has 3 rings (SSSR count). The van der Waals surface area contributed by atoms with Crippen molar-refractivity contribution in [3.05, 3.63) is 30.1 Å². The molecule has 25 heavy (non-hydrogen) atoms. The molecule has 2 fully saturated rings. The Morgan fingerprint density at radius 2 is 2.20 bits per heavy atom. The SMILES string of the molecule is CCC(CNC(=O)C1NNC2CCNCC21)Oc1ccccc1F.Cl. The molecule has 0 aromatic heterocycles. The highest BCUT2D eigenvalue weighted by Gasteiger charge is 2.41. The number of para-hydroxylation sites is 1. The van der Waals surface area contributed by atoms with Crippen molar-refractivity contribution in [2.24, 2.45) is 5.92 Å². The minimum Gasteiger partial charge on any atom is -0.486 e. The summed E-state index contributed by atoms with van der Waals surface area (Å²) in [5, 5.41) is 6.26. The van der Waals surface area contributed by atoms with Gasteiger partial charge >= 0.3 is 0 Å². The maximum absolute atomic E-state index is 13.7. The summed E-state index contributed by atoms with van der Waals surface area (Å²) < 4.78 is 19.4. The van der Waals surface area contributed by atoms with Gasteiger partial charge in [0.1, 0.15) is 12.1 Å². The molecule has 2 saturated heterocycles. The molecule has 8 heteroatoms. The van der Waals surface area contributed by atoms with Crippen LogP contribution < -0.4 is 26.2 Å². The molecule has 2 aliphatic rings. The zero-order valence-corrected chi connectivity index (χ0v) is 15.1. The molecule has 0 radical (unpaired) electrons. The summed E-state index contributed by atoms with van der Waals surface area (Å²) in [6.45, 7) is 4.10. The minimum atomic E-state index is -0.389. The number of piperidine rings is 1. The molecule has 1 amide bonds. The van der Waals surface area contributed by atoms with E-state index in [1.165, 1.54) is 6.07 Å². The van der Waals surface area contributed by atoms with E-state index >= 15 is 0 Å². The molecule has 4 N–H and O–H groups in total. The Morgan fingerprint density at radius 1 is 1.40 bits per heavy atom. The van der Waals surface area contributed by atoms with Gasteiger partial charge < -0.3 is 15.4 Å². The number of hydrazine groups is 1. The van der Waals surface area contributed by atoms with Crippen LogP contribution >= 0.6 is 12.4 Å². The fourth-order valence-corrected chi connectivity index (χ4v) is 3.29. The summed E-state index contributed by atoms with van der Waals surface area (Å²) in [6.07, 6.45) is 1.43. The number of hydrogen-bond donors (Lipinski definition) is 4. The van der Waals surface area contributed by atoms with Crippen molar-refractivity contribution in [2.45, 2.75) is 38.0 Å². The fraction of sp³-hybridized carbons (Fsp3) is 0.588. The van der Waals surface area contributed by atoms with Crippen LogP contribution in [0.4, 0.5) is 4.39 Å². The van der Waals surface area contributed by atoms with Gasteiger partial charge in [-0.2, -0.15) is 0 Å². The average molecular weight is 373 g/mol. The molecule has 2 aliphatic heterocycles. The van der Waals surface area contributed by atoms with E-state index in [0.29, 0.717) is 19.0 Å². The van der Waals surface area contributed by atoms with E-state index in [0.717, 1.165) is 19.5 Å². The van der Waals surface area contributed by atoms with Crippen LogP contribution in [-0.2, 0) is 4.79 Å². The number of amides is 1. The van der Waals surface area contributed by atoms with Gasteiger partial charge in [0, 0.05) is 18.5 Å². The smallest absolute Gasteiger partial charge is 0.239 e. The van der Waals surface area contributed by atoms with Crippen molar-refractivity contribution in [1.29, 1.82) is 0 Å². The van der Waals surface area contributed by atoms with Gasteiger partial charge in [-0.05, 0) is 31.5 Å². The van der Waals surface area contributed by atoms with Crippen molar-refractivity contribution in [1.82, 2.24) is 21.5 Å². The number of nitrogens with one attached hydrogen (secondary N) is 4. The van der Waals surface area contributed by atoms with E-state index in [2.05, 4.69) is 21.5 Å². The monoisotopic (exact) mass is 372 g/mol. The van der Waals surface area contributed by atoms with Gasteiger partial charge in [0.2, 0.25) is 5.91 Å². The normalized spacial score (nSPS) is 26.2. The highest BCUT2D eigenvalue weighted by atomic mass is 35.5. The van der Waals surface area contributed by atoms with Crippen LogP contribution in [0.15, 0.2) is 24.3 Å². The van der Waals surface area contributed by atoms with Crippen LogP contribution in [-0.4, -0.2) is 43.7 Å². The van der Waals surface area contributed by atoms with E-state index in [-0.39, 0.29) is 47.9 Å². The highest BCUT2D eigenvalue weighted by Crippen LogP contribution is 2.20. The Bertz CT molecular complexity index is 577. The number of ether oxygens (including phenoxy) is 1. The molecule has 0 saturated carbocycles. The third-order valence-electron chi connectivity index (χ3n) is 4.75. The van der Waals surface area contributed by atoms with E-state index in [1.807, 2.05) is 6.92 Å². The van der Waals surface area contributed by atoms with Crippen molar-refractivity contribution < 1.29 is 13.9 Å². The van der Waals surface area contributed by atoms with Crippen LogP contribution in [0.5, 0.6) is 5.75 Å². The highest BCUT2D eigenvalue weighted by molar-refractivity contribution is 5.85. The van der Waals surface area contributed by atoms with Crippen LogP contribution in [0.1, 0.15) is 19.8 Å². The molecule has 1 aromatic carbocycles. The number of fused-ring (bicyclic) bond motifs is 1. The second kappa shape index (κ2) is 9.33. The Morgan fingerprint density at radius 3 is 2.96 bits per heavy atom. The predicted octanol–water partition coefficient (Wildman–Crippen LogP) is 0.976. The molecule has 0 bridgehead atoms. The molecule has 1 aromatic rings. The number of rotatable bonds is 6. The molecular formula is C17H26ClFN4O2. The summed E-state index contributed by atoms with van der Waals surface area (Å²) in [6, 6.07) is 6.39. The summed E-state index contributed by atoms with van der Waals surface area (Å²) in [5.74, 6) is 0.0245. The number of halogens is 2. The molecule has 0 spiro atoms. The quantitative estimate of drug-likeness (QED) is 0.599. The third kappa shape index (κ3) is 4.82. The Hall–Kier alpha value is -1.41. The molecule has 0 aliphatic carbocycles. The maximum atomic E-state index is 13.7. The fourth-order valence-electron chi connectivity index (χ4n) is 3.29. The van der Waals surface area contributed by atoms with E-state index in [1.54, 1.807) is 18.2 Å². The standard InChI is InChI=1S/C17H25FN4O2.ClH/c1-2-11(24-15-6-4-3-5-13(15)18)9-20-17(23)16-12-10-19-8-7-14(12)21-22-16;/h3-6,11-12,14,16,19,21-22H,2,7-10H2,1H3,(H,20,23);1H. The zero-order valence-electron chi connectivity index (χ0n) is 14.3. The van der Waals surface area contributed by atoms with Crippen LogP contribution in [0.25, 0.3) is 0 Å². The van der Waals surface area contributed by atoms with E-state index in [4.69, 9.17) is 4.74 Å². The molecule has 140 valence electrons. The molecule has 2 heterocycles. The second-order valence-electron chi connectivity index (χ2n) is 6.35. The maximum Gasteiger partial charge on any atom is 0.239 e. The summed E-state index contributed by atoms with van der Waals surface area (Å²) in [4.78, 5) is 12.5. The van der Waals surface area contributed by atoms with Crippen LogP contribution in [0.3, 0.4) is 0 Å². The van der Waals surface area contributed by atoms with Crippen molar-refractivity contribution in [3.63, 3.8) is 0 Å². The Kier molecular flexibility index (Phi) is 7.43. The Labute approximate surface area is 153 Å². The first-order chi connectivity index (χ1) is 11.7. The predicted molar refractivity (Wildman–Crippen MR) is 96.2 cm³/mol. The van der Waals surface area contributed by atoms with Crippen molar-refractivity contribution in [2.75, 3.05) is 19.6 Å². The first kappa shape index (κ1) is 19.9. The van der Waals surface area contributed by atoms with Crippen molar-refractivity contribution in [3.8, 4) is 5.75 Å². The van der Waals surface area contributed by atoms with Crippen LogP contribution in [0.2, 0.25) is 0 Å². The van der Waals surface area contributed by atoms with Gasteiger partial charge in [-0.25, -0.2) is 9.82 Å². The lowest BCUT2D eigenvalue weighted by molar-refractivity contribution is -0.124. The van der Waals surface area contributed by atoms with Gasteiger partial charge in [-0.3, -0.25) is 10.2 Å². The lowest BCUT2D eigenvalue weighted by Crippen LogP contribution is -2.50. The van der Waals surface area contributed by atoms with Gasteiger partial charge in [0.25, 0.3) is 0 Å². The van der Waals surface area contributed by atoms with E-state index < -0.39 is 0 Å². The largest absolute Gasteiger partial charge is 0.486 e. The van der Waals surface area contributed by atoms with Gasteiger partial charge in [-0.1, -0.05) is 19.1 Å². The molecular weight excluding hydrogens is 347 g/mol. The summed E-state index contributed by atoms with van der Waals surface area (Å²) in [5.41, 5.74) is 6.30. The minimum absolute atomic E-state index is 0. The van der Waals surface area contributed by atoms with Crippen molar-refractivity contribution >= 4 is 18.3 Å². The van der Waals surface area contributed by atoms with Gasteiger partial charge in [0.15, 0.2) is 11.6 Å². The average Bonchev–Trinajstić information content (AvgIpc) is 3.04. The number of benzene rings is 1. The first-order valence-electron chi connectivity index (χ1n) is 8.59. The first-order valence-corrected chi connectivity index (χ1v) is 8.59. The molecule has 4 unspecified atom stereocenters. The molecule has 4 atom stereocenters. The number of carbonyl (C=O) groups is 1. The van der Waals surface area contributed by atoms with E-state index in [9.17, 15) is 9.18 Å². The number of carbonyl (C=O) groups excluding carboxylic acids is 1. The summed E-state index contributed by atoms with van der Waals surface area (Å²) >= 11 is 0. The van der Waals surface area contributed by atoms with Gasteiger partial charge in [-0.15, -0.1) is 12.4 Å². The lowest BCUT2D eigenvalue weighted by Gasteiger charge is -2.27. The second-order valence-corrected chi connectivity index (χ2v) is 6.35. The topological polar surface area (TPSA) is 74.4 Å².